The van der Waals surface area contributed by atoms with E-state index < -0.39 is 5.91 Å². The van der Waals surface area contributed by atoms with Crippen molar-refractivity contribution in [3.05, 3.63) is 29.8 Å². The molecule has 0 aliphatic heterocycles. The van der Waals surface area contributed by atoms with Crippen LogP contribution in [0.4, 0.5) is 0 Å². The zero-order chi connectivity index (χ0) is 13.7. The molecule has 3 heteroatoms. The van der Waals surface area contributed by atoms with Crippen LogP contribution in [0, 0.1) is 11.8 Å². The Morgan fingerprint density at radius 3 is 2.89 bits per heavy atom. The van der Waals surface area contributed by atoms with Crippen molar-refractivity contribution in [2.75, 3.05) is 6.61 Å². The van der Waals surface area contributed by atoms with E-state index in [2.05, 4.69) is 6.92 Å². The molecule has 1 aliphatic rings. The summed E-state index contributed by atoms with van der Waals surface area (Å²) in [5, 5.41) is 0. The zero-order valence-electron chi connectivity index (χ0n) is 11.6. The van der Waals surface area contributed by atoms with E-state index in [1.165, 1.54) is 25.7 Å². The van der Waals surface area contributed by atoms with Gasteiger partial charge in [-0.3, -0.25) is 4.79 Å². The number of carbonyl (C=O) groups excluding carboxylic acids is 1. The molecule has 0 unspecified atom stereocenters. The summed E-state index contributed by atoms with van der Waals surface area (Å²) >= 11 is 0. The second-order valence-corrected chi connectivity index (χ2v) is 5.40. The summed E-state index contributed by atoms with van der Waals surface area (Å²) in [6.07, 6.45) is 6.41. The first kappa shape index (κ1) is 13.9. The lowest BCUT2D eigenvalue weighted by Crippen LogP contribution is -2.10. The van der Waals surface area contributed by atoms with Crippen molar-refractivity contribution in [3.63, 3.8) is 0 Å². The number of primary amides is 1. The Labute approximate surface area is 115 Å². The molecule has 19 heavy (non-hydrogen) atoms. The number of unbranched alkanes of at least 4 members (excludes halogenated alkanes) is 1. The summed E-state index contributed by atoms with van der Waals surface area (Å²) in [6, 6.07) is 7.06. The van der Waals surface area contributed by atoms with Crippen molar-refractivity contribution in [2.24, 2.45) is 17.6 Å². The van der Waals surface area contributed by atoms with Gasteiger partial charge < -0.3 is 10.5 Å². The van der Waals surface area contributed by atoms with Gasteiger partial charge in [-0.25, -0.2) is 0 Å². The Morgan fingerprint density at radius 2 is 2.21 bits per heavy atom. The molecule has 1 fully saturated rings. The van der Waals surface area contributed by atoms with Crippen LogP contribution in [0.2, 0.25) is 0 Å². The number of amides is 1. The first-order valence-electron chi connectivity index (χ1n) is 7.23. The molecule has 0 spiro atoms. The number of ether oxygens (including phenoxy) is 1. The Morgan fingerprint density at radius 1 is 1.37 bits per heavy atom. The Bertz CT molecular complexity index is 431. The molecule has 0 saturated heterocycles. The smallest absolute Gasteiger partial charge is 0.248 e. The zero-order valence-corrected chi connectivity index (χ0v) is 11.6. The Hall–Kier alpha value is -1.51. The van der Waals surface area contributed by atoms with E-state index in [4.69, 9.17) is 10.5 Å². The lowest BCUT2D eigenvalue weighted by molar-refractivity contribution is 0.1000. The van der Waals surface area contributed by atoms with Crippen molar-refractivity contribution in [1.29, 1.82) is 0 Å². The number of benzene rings is 1. The molecule has 0 aromatic heterocycles. The van der Waals surface area contributed by atoms with Crippen molar-refractivity contribution in [3.8, 4) is 5.75 Å². The van der Waals surface area contributed by atoms with E-state index in [0.29, 0.717) is 12.2 Å². The fourth-order valence-corrected chi connectivity index (χ4v) is 2.60. The third-order valence-corrected chi connectivity index (χ3v) is 3.95. The highest BCUT2D eigenvalue weighted by Gasteiger charge is 2.33. The van der Waals surface area contributed by atoms with Gasteiger partial charge in [-0.1, -0.05) is 25.8 Å². The molecule has 1 saturated carbocycles. The minimum absolute atomic E-state index is 0.412. The van der Waals surface area contributed by atoms with Crippen LogP contribution >= 0.6 is 0 Å². The van der Waals surface area contributed by atoms with E-state index >= 15 is 0 Å². The van der Waals surface area contributed by atoms with Crippen LogP contribution in [-0.4, -0.2) is 12.5 Å². The summed E-state index contributed by atoms with van der Waals surface area (Å²) in [4.78, 5) is 11.0. The van der Waals surface area contributed by atoms with Crippen molar-refractivity contribution in [1.82, 2.24) is 0 Å². The standard InChI is InChI=1S/C16H23NO2/c1-2-12-10-13(12)6-3-4-9-19-15-8-5-7-14(11-15)16(17)18/h5,7-8,11-13H,2-4,6,9-10H2,1H3,(H2,17,18)/t12-,13+/m1/s1. The van der Waals surface area contributed by atoms with Crippen molar-refractivity contribution in [2.45, 2.75) is 39.0 Å². The number of hydrogen-bond acceptors (Lipinski definition) is 2. The van der Waals surface area contributed by atoms with E-state index in [9.17, 15) is 4.79 Å². The predicted octanol–water partition coefficient (Wildman–Crippen LogP) is 3.38. The SMILES string of the molecule is CC[C@@H]1C[C@@H]1CCCCOc1cccc(C(N)=O)c1. The normalized spacial score (nSPS) is 21.1. The highest BCUT2D eigenvalue weighted by atomic mass is 16.5. The van der Waals surface area contributed by atoms with Crippen LogP contribution < -0.4 is 10.5 Å². The minimum atomic E-state index is -0.412. The van der Waals surface area contributed by atoms with E-state index in [1.54, 1.807) is 18.2 Å². The Kier molecular flexibility index (Phi) is 4.83. The van der Waals surface area contributed by atoms with Gasteiger partial charge in [-0.05, 0) is 49.3 Å². The van der Waals surface area contributed by atoms with Crippen LogP contribution in [0.3, 0.4) is 0 Å². The highest BCUT2D eigenvalue weighted by Crippen LogP contribution is 2.44. The van der Waals surface area contributed by atoms with Gasteiger partial charge >= 0.3 is 0 Å². The molecule has 1 aromatic rings. The van der Waals surface area contributed by atoms with Gasteiger partial charge in [0, 0.05) is 5.56 Å². The van der Waals surface area contributed by atoms with Gasteiger partial charge in [-0.2, -0.15) is 0 Å². The van der Waals surface area contributed by atoms with E-state index in [-0.39, 0.29) is 0 Å². The Balaban J connectivity index is 1.63. The lowest BCUT2D eigenvalue weighted by atomic mass is 10.1. The first-order chi connectivity index (χ1) is 9.20. The molecular formula is C16H23NO2. The first-order valence-corrected chi connectivity index (χ1v) is 7.23. The molecule has 2 rings (SSSR count). The fraction of sp³-hybridized carbons (Fsp3) is 0.562. The number of carbonyl (C=O) groups is 1. The van der Waals surface area contributed by atoms with Gasteiger partial charge in [0.2, 0.25) is 5.91 Å². The summed E-state index contributed by atoms with van der Waals surface area (Å²) in [7, 11) is 0. The third kappa shape index (κ3) is 4.27. The molecular weight excluding hydrogens is 238 g/mol. The average molecular weight is 261 g/mol. The average Bonchev–Trinajstić information content (AvgIpc) is 3.17. The molecule has 0 bridgehead atoms. The fourth-order valence-electron chi connectivity index (χ4n) is 2.60. The van der Waals surface area contributed by atoms with Gasteiger partial charge in [0.25, 0.3) is 0 Å². The quantitative estimate of drug-likeness (QED) is 0.729. The summed E-state index contributed by atoms with van der Waals surface area (Å²) in [6.45, 7) is 2.99. The van der Waals surface area contributed by atoms with Gasteiger partial charge in [0.05, 0.1) is 6.61 Å². The van der Waals surface area contributed by atoms with Crippen LogP contribution in [0.15, 0.2) is 24.3 Å². The highest BCUT2D eigenvalue weighted by molar-refractivity contribution is 5.93. The molecule has 104 valence electrons. The maximum Gasteiger partial charge on any atom is 0.248 e. The van der Waals surface area contributed by atoms with Crippen LogP contribution in [0.25, 0.3) is 0 Å². The lowest BCUT2D eigenvalue weighted by Gasteiger charge is -2.07. The predicted molar refractivity (Wildman–Crippen MR) is 76.2 cm³/mol. The summed E-state index contributed by atoms with van der Waals surface area (Å²) in [5.74, 6) is 2.29. The maximum atomic E-state index is 11.0. The number of rotatable bonds is 8. The molecule has 0 heterocycles. The number of hydrogen-bond donors (Lipinski definition) is 1. The van der Waals surface area contributed by atoms with Crippen LogP contribution in [-0.2, 0) is 0 Å². The topological polar surface area (TPSA) is 52.3 Å². The number of nitrogens with two attached hydrogens (primary N) is 1. The van der Waals surface area contributed by atoms with Crippen molar-refractivity contribution >= 4 is 5.91 Å². The van der Waals surface area contributed by atoms with Gasteiger partial charge in [-0.15, -0.1) is 0 Å². The van der Waals surface area contributed by atoms with Gasteiger partial charge in [0.15, 0.2) is 0 Å². The molecule has 2 atom stereocenters. The molecule has 1 amide bonds. The molecule has 1 aliphatic carbocycles. The minimum Gasteiger partial charge on any atom is -0.494 e. The summed E-state index contributed by atoms with van der Waals surface area (Å²) < 4.78 is 5.64. The molecule has 2 N–H and O–H groups in total. The van der Waals surface area contributed by atoms with Gasteiger partial charge in [0.1, 0.15) is 5.75 Å². The third-order valence-electron chi connectivity index (χ3n) is 3.95. The summed E-state index contributed by atoms with van der Waals surface area (Å²) in [5.41, 5.74) is 5.73. The largest absolute Gasteiger partial charge is 0.494 e. The monoisotopic (exact) mass is 261 g/mol. The maximum absolute atomic E-state index is 11.0. The van der Waals surface area contributed by atoms with E-state index in [1.807, 2.05) is 6.07 Å². The molecule has 0 radical (unpaired) electrons. The van der Waals surface area contributed by atoms with Crippen LogP contribution in [0.1, 0.15) is 49.4 Å². The molecule has 1 aromatic carbocycles. The second-order valence-electron chi connectivity index (χ2n) is 5.40. The second kappa shape index (κ2) is 6.60. The van der Waals surface area contributed by atoms with Crippen LogP contribution in [0.5, 0.6) is 5.75 Å². The molecule has 3 nitrogen and oxygen atoms in total. The van der Waals surface area contributed by atoms with Crippen molar-refractivity contribution < 1.29 is 9.53 Å². The van der Waals surface area contributed by atoms with E-state index in [0.717, 1.165) is 24.0 Å².